The maximum Gasteiger partial charge on any atom is 0.0732 e. The van der Waals surface area contributed by atoms with Gasteiger partial charge in [0.25, 0.3) is 0 Å². The number of anilines is 1. The van der Waals surface area contributed by atoms with Crippen molar-refractivity contribution in [3.05, 3.63) is 59.4 Å². The first-order valence-corrected chi connectivity index (χ1v) is 6.07. The van der Waals surface area contributed by atoms with Crippen LogP contribution in [0.5, 0.6) is 0 Å². The predicted molar refractivity (Wildman–Crippen MR) is 73.2 cm³/mol. The van der Waals surface area contributed by atoms with E-state index in [0.717, 1.165) is 28.8 Å². The average Bonchev–Trinajstić information content (AvgIpc) is 2.37. The SMILES string of the molecule is Cc1cncc(COCCc2ccccc2N)c1. The number of aryl methyl sites for hydroxylation is 1. The number of hydrogen-bond donors (Lipinski definition) is 1. The number of pyridine rings is 1. The number of rotatable bonds is 5. The molecule has 0 fully saturated rings. The van der Waals surface area contributed by atoms with E-state index in [1.807, 2.05) is 43.6 Å². The van der Waals surface area contributed by atoms with Gasteiger partial charge < -0.3 is 10.5 Å². The molecule has 0 aliphatic carbocycles. The van der Waals surface area contributed by atoms with Gasteiger partial charge in [-0.2, -0.15) is 0 Å². The summed E-state index contributed by atoms with van der Waals surface area (Å²) >= 11 is 0. The van der Waals surface area contributed by atoms with Gasteiger partial charge in [0.2, 0.25) is 0 Å². The Morgan fingerprint density at radius 3 is 2.83 bits per heavy atom. The monoisotopic (exact) mass is 242 g/mol. The molecule has 0 saturated heterocycles. The molecule has 0 aliphatic rings. The largest absolute Gasteiger partial charge is 0.399 e. The highest BCUT2D eigenvalue weighted by atomic mass is 16.5. The van der Waals surface area contributed by atoms with E-state index in [1.54, 1.807) is 0 Å². The van der Waals surface area contributed by atoms with Crippen molar-refractivity contribution in [3.8, 4) is 0 Å². The van der Waals surface area contributed by atoms with Crippen molar-refractivity contribution in [1.82, 2.24) is 4.98 Å². The molecule has 3 heteroatoms. The van der Waals surface area contributed by atoms with Crippen molar-refractivity contribution in [3.63, 3.8) is 0 Å². The van der Waals surface area contributed by atoms with Crippen molar-refractivity contribution in [2.24, 2.45) is 0 Å². The zero-order valence-electron chi connectivity index (χ0n) is 10.6. The number of nitrogens with zero attached hydrogens (tertiary/aromatic N) is 1. The van der Waals surface area contributed by atoms with E-state index in [0.29, 0.717) is 13.2 Å². The molecule has 2 rings (SSSR count). The van der Waals surface area contributed by atoms with Crippen LogP contribution in [0.4, 0.5) is 5.69 Å². The molecule has 1 aromatic heterocycles. The van der Waals surface area contributed by atoms with Crippen LogP contribution in [0.15, 0.2) is 42.7 Å². The second-order valence-corrected chi connectivity index (χ2v) is 4.37. The van der Waals surface area contributed by atoms with Gasteiger partial charge >= 0.3 is 0 Å². The summed E-state index contributed by atoms with van der Waals surface area (Å²) in [6, 6.07) is 9.98. The van der Waals surface area contributed by atoms with E-state index in [2.05, 4.69) is 11.1 Å². The van der Waals surface area contributed by atoms with E-state index < -0.39 is 0 Å². The summed E-state index contributed by atoms with van der Waals surface area (Å²) in [5.41, 5.74) is 10.1. The molecule has 3 nitrogen and oxygen atoms in total. The van der Waals surface area contributed by atoms with Crippen LogP contribution in [0.2, 0.25) is 0 Å². The smallest absolute Gasteiger partial charge is 0.0732 e. The number of hydrogen-bond acceptors (Lipinski definition) is 3. The van der Waals surface area contributed by atoms with Gasteiger partial charge in [-0.05, 0) is 36.1 Å². The summed E-state index contributed by atoms with van der Waals surface area (Å²) in [6.07, 6.45) is 4.52. The van der Waals surface area contributed by atoms with Crippen molar-refractivity contribution in [1.29, 1.82) is 0 Å². The van der Waals surface area contributed by atoms with Crippen molar-refractivity contribution < 1.29 is 4.74 Å². The molecule has 94 valence electrons. The third-order valence-corrected chi connectivity index (χ3v) is 2.77. The van der Waals surface area contributed by atoms with Crippen LogP contribution in [0.3, 0.4) is 0 Å². The predicted octanol–water partition coefficient (Wildman–Crippen LogP) is 2.73. The van der Waals surface area contributed by atoms with E-state index in [9.17, 15) is 0 Å². The van der Waals surface area contributed by atoms with Crippen LogP contribution < -0.4 is 5.73 Å². The molecule has 0 spiro atoms. The Labute approximate surface area is 108 Å². The maximum absolute atomic E-state index is 5.87. The fourth-order valence-electron chi connectivity index (χ4n) is 1.83. The summed E-state index contributed by atoms with van der Waals surface area (Å²) < 4.78 is 5.64. The zero-order chi connectivity index (χ0) is 12.8. The lowest BCUT2D eigenvalue weighted by Gasteiger charge is -2.07. The number of nitrogen functional groups attached to an aromatic ring is 1. The summed E-state index contributed by atoms with van der Waals surface area (Å²) in [5, 5.41) is 0. The van der Waals surface area contributed by atoms with Gasteiger partial charge in [0.05, 0.1) is 13.2 Å². The number of para-hydroxylation sites is 1. The Hall–Kier alpha value is -1.87. The van der Waals surface area contributed by atoms with Crippen LogP contribution in [-0.2, 0) is 17.8 Å². The minimum atomic E-state index is 0.599. The van der Waals surface area contributed by atoms with E-state index in [1.165, 1.54) is 0 Å². The summed E-state index contributed by atoms with van der Waals surface area (Å²) in [5.74, 6) is 0. The van der Waals surface area contributed by atoms with Gasteiger partial charge in [0.1, 0.15) is 0 Å². The maximum atomic E-state index is 5.87. The number of aromatic nitrogens is 1. The third kappa shape index (κ3) is 3.57. The van der Waals surface area contributed by atoms with Crippen LogP contribution in [0.25, 0.3) is 0 Å². The van der Waals surface area contributed by atoms with Gasteiger partial charge in [-0.3, -0.25) is 4.98 Å². The fourth-order valence-corrected chi connectivity index (χ4v) is 1.83. The van der Waals surface area contributed by atoms with Gasteiger partial charge in [0.15, 0.2) is 0 Å². The first-order chi connectivity index (χ1) is 8.75. The standard InChI is InChI=1S/C15H18N2O/c1-12-8-13(10-17-9-12)11-18-7-6-14-4-2-3-5-15(14)16/h2-5,8-10H,6-7,11,16H2,1H3. The van der Waals surface area contributed by atoms with Gasteiger partial charge in [-0.1, -0.05) is 24.3 Å². The van der Waals surface area contributed by atoms with Crippen molar-refractivity contribution in [2.75, 3.05) is 12.3 Å². The van der Waals surface area contributed by atoms with E-state index >= 15 is 0 Å². The van der Waals surface area contributed by atoms with Crippen molar-refractivity contribution >= 4 is 5.69 Å². The lowest BCUT2D eigenvalue weighted by Crippen LogP contribution is -2.02. The summed E-state index contributed by atoms with van der Waals surface area (Å²) in [4.78, 5) is 4.14. The molecular weight excluding hydrogens is 224 g/mol. The first kappa shape index (κ1) is 12.6. The zero-order valence-corrected chi connectivity index (χ0v) is 10.6. The lowest BCUT2D eigenvalue weighted by molar-refractivity contribution is 0.123. The first-order valence-electron chi connectivity index (χ1n) is 6.07. The molecule has 1 aromatic carbocycles. The molecule has 0 bridgehead atoms. The number of benzene rings is 1. The van der Waals surface area contributed by atoms with Crippen LogP contribution in [0.1, 0.15) is 16.7 Å². The molecular formula is C15H18N2O. The number of ether oxygens (including phenoxy) is 1. The van der Waals surface area contributed by atoms with Crippen LogP contribution in [-0.4, -0.2) is 11.6 Å². The number of nitrogens with two attached hydrogens (primary N) is 1. The van der Waals surface area contributed by atoms with E-state index in [4.69, 9.17) is 10.5 Å². The van der Waals surface area contributed by atoms with Crippen LogP contribution >= 0.6 is 0 Å². The Bertz CT molecular complexity index is 511. The molecule has 0 aliphatic heterocycles. The molecule has 18 heavy (non-hydrogen) atoms. The Morgan fingerprint density at radius 1 is 1.22 bits per heavy atom. The summed E-state index contributed by atoms with van der Waals surface area (Å²) in [6.45, 7) is 3.30. The Morgan fingerprint density at radius 2 is 2.06 bits per heavy atom. The van der Waals surface area contributed by atoms with Gasteiger partial charge in [-0.15, -0.1) is 0 Å². The highest BCUT2D eigenvalue weighted by Crippen LogP contribution is 2.11. The molecule has 2 aromatic rings. The quantitative estimate of drug-likeness (QED) is 0.648. The second-order valence-electron chi connectivity index (χ2n) is 4.37. The normalized spacial score (nSPS) is 10.5. The average molecular weight is 242 g/mol. The summed E-state index contributed by atoms with van der Waals surface area (Å²) in [7, 11) is 0. The minimum Gasteiger partial charge on any atom is -0.399 e. The molecule has 1 heterocycles. The molecule has 0 atom stereocenters. The minimum absolute atomic E-state index is 0.599. The lowest BCUT2D eigenvalue weighted by atomic mass is 10.1. The van der Waals surface area contributed by atoms with Gasteiger partial charge in [0, 0.05) is 18.1 Å². The molecule has 0 unspecified atom stereocenters. The second kappa shape index (κ2) is 6.17. The Kier molecular flexibility index (Phi) is 4.31. The van der Waals surface area contributed by atoms with Crippen LogP contribution in [0, 0.1) is 6.92 Å². The fraction of sp³-hybridized carbons (Fsp3) is 0.267. The van der Waals surface area contributed by atoms with Gasteiger partial charge in [-0.25, -0.2) is 0 Å². The molecule has 0 radical (unpaired) electrons. The molecule has 0 amide bonds. The molecule has 0 saturated carbocycles. The highest BCUT2D eigenvalue weighted by Gasteiger charge is 1.99. The highest BCUT2D eigenvalue weighted by molar-refractivity contribution is 5.46. The molecule has 2 N–H and O–H groups in total. The Balaban J connectivity index is 1.78. The van der Waals surface area contributed by atoms with E-state index in [-0.39, 0.29) is 0 Å². The van der Waals surface area contributed by atoms with Crippen molar-refractivity contribution in [2.45, 2.75) is 20.0 Å². The topological polar surface area (TPSA) is 48.1 Å². The third-order valence-electron chi connectivity index (χ3n) is 2.77.